The number of nitrogens with zero attached hydrogens (tertiary/aromatic N) is 18. The van der Waals surface area contributed by atoms with Gasteiger partial charge in [-0.2, -0.15) is 15.1 Å². The van der Waals surface area contributed by atoms with Crippen LogP contribution in [0.5, 0.6) is 11.8 Å². The molecule has 0 aliphatic carbocycles. The van der Waals surface area contributed by atoms with Gasteiger partial charge in [0.15, 0.2) is 0 Å². The number of aryl methyl sites for hydroxylation is 8. The summed E-state index contributed by atoms with van der Waals surface area (Å²) in [5.41, 5.74) is 15.1. The molecule has 9 aromatic carbocycles. The Morgan fingerprint density at radius 3 is 1.28 bits per heavy atom. The number of anilines is 6. The smallest absolute Gasteiger partial charge is 0.247 e. The van der Waals surface area contributed by atoms with E-state index in [9.17, 15) is 29.9 Å². The molecule has 0 aliphatic heterocycles. The number of benzene rings is 9. The SMILES string of the molecule is C/C(=N/N=c1\nc(C)cc(C)[nH]1)c1ccccc1C.CC#Cc1cc(C)nc(Nc2ccccc2)n1.CCCCc1c(C)nc(N(C)C)nc1O.CCCCc1c(C)nc(NCC)nc1O.Cc1cc(C)nc(Nc2ccccc2)n1.OC(c1ccc(Cl)cc1)(c1cncnc1)c1ccccc1Cl.OC(c1ccc(F)cc1)(c1cncnc1)c1ccccc1Cl.OC(c1ccccc1)(c1cncnc1)c1ccc(Cl)cc1Cl. The van der Waals surface area contributed by atoms with Gasteiger partial charge in [0.25, 0.3) is 0 Å². The van der Waals surface area contributed by atoms with Gasteiger partial charge in [0.1, 0.15) is 47.3 Å². The van der Waals surface area contributed by atoms with Crippen LogP contribution in [-0.2, 0) is 29.6 Å². The van der Waals surface area contributed by atoms with E-state index in [0.717, 1.165) is 124 Å². The van der Waals surface area contributed by atoms with Gasteiger partial charge in [0, 0.05) is 184 Å². The van der Waals surface area contributed by atoms with E-state index < -0.39 is 16.8 Å². The van der Waals surface area contributed by atoms with Gasteiger partial charge < -0.3 is 51.4 Å². The van der Waals surface area contributed by atoms with Crippen LogP contribution in [0.4, 0.5) is 39.6 Å². The number of aromatic nitrogens is 16. The van der Waals surface area contributed by atoms with Gasteiger partial charge in [-0.1, -0.05) is 248 Å². The molecule has 8 heterocycles. The second kappa shape index (κ2) is 56.8. The first-order valence-electron chi connectivity index (χ1n) is 47.1. The normalized spacial score (nSPS) is 12.0. The molecule has 0 saturated heterocycles. The maximum absolute atomic E-state index is 13.2. The van der Waals surface area contributed by atoms with E-state index in [0.29, 0.717) is 105 Å². The van der Waals surface area contributed by atoms with E-state index in [1.807, 2.05) is 216 Å². The Morgan fingerprint density at radius 1 is 0.422 bits per heavy atom. The van der Waals surface area contributed by atoms with Crippen molar-refractivity contribution < 1.29 is 29.9 Å². The standard InChI is InChI=1S/2C17H12Cl2N2O.C17H12ClFN2O.C15H18N4.C14H13N3.C12H13N3.2C11H19N3O/c18-14-7-5-12(6-8-14)17(22,13-9-20-11-21-10-13)15-3-1-2-4-16(15)19;18-14-6-7-15(16(19)8-14)17(22,12-4-2-1-3-5-12)13-9-20-11-21-10-13;18-16-4-2-1-3-15(16)17(22,13-9-20-11-21-10-13)12-5-7-14(19)8-6-12;1-10-7-5-6-8-14(10)13(4)18-19-15-16-11(2)9-12(3)17-15;1-3-7-13-10-11(2)15-14(17-13)16-12-8-5-4-6-9-12;1-9-8-10(2)14-12(13-9)15-11-6-4-3-5-7-11;1-5-6-7-9-8(2)12-11(14(3)4)13-10(9)15;1-4-6-7-9-8(3)13-11(12-5-2)14-10(9)15/h3*1-11,22H;5-9H,1-4H3,(H,16,17,19);4-6,8-10H,1-2H3,(H,15,16,17);3-8H,1-2H3,(H,13,14,15);5-7H2,1-4H3,(H,12,13,15);4-7H2,1-3H3,(H2,12,13,14,15)/b;;;18-13-;;;;. The number of halogens is 6. The van der Waals surface area contributed by atoms with Gasteiger partial charge in [-0.05, 0) is 221 Å². The fraction of sp³-hybridized carbons (Fsp3) is 0.219. The molecule has 27 nitrogen and oxygen atoms in total. The van der Waals surface area contributed by atoms with Gasteiger partial charge in [0.05, 0.1) is 5.71 Å². The number of H-pyrrole nitrogens is 1. The van der Waals surface area contributed by atoms with E-state index >= 15 is 0 Å². The lowest BCUT2D eigenvalue weighted by Gasteiger charge is -2.30. The maximum atomic E-state index is 13.2. The Kier molecular flexibility index (Phi) is 43.9. The predicted molar refractivity (Wildman–Crippen MR) is 586 cm³/mol. The number of hydrogen-bond donors (Lipinski definition) is 9. The molecule has 17 aromatic rings. The highest BCUT2D eigenvalue weighted by atomic mass is 35.5. The fourth-order valence-electron chi connectivity index (χ4n) is 15.0. The Labute approximate surface area is 882 Å². The zero-order chi connectivity index (χ0) is 106. The number of aromatic amines is 1. The third kappa shape index (κ3) is 33.1. The summed E-state index contributed by atoms with van der Waals surface area (Å²) in [6, 6.07) is 74.7. The van der Waals surface area contributed by atoms with Crippen molar-refractivity contribution in [1.82, 2.24) is 79.7 Å². The summed E-state index contributed by atoms with van der Waals surface area (Å²) in [5.74, 6) is 7.93. The molecule has 0 radical (unpaired) electrons. The molecule has 0 saturated carbocycles. The molecule has 0 bridgehead atoms. The Balaban J connectivity index is 0.000000173. The lowest BCUT2D eigenvalue weighted by molar-refractivity contribution is 0.124. The molecule has 17 rings (SSSR count). The average molecular weight is 2070 g/mol. The number of aromatic hydroxyl groups is 2. The topological polar surface area (TPSA) is 374 Å². The maximum Gasteiger partial charge on any atom is 0.247 e. The summed E-state index contributed by atoms with van der Waals surface area (Å²) in [6.07, 6.45) is 19.5. The molecule has 0 amide bonds. The van der Waals surface area contributed by atoms with E-state index in [2.05, 4.69) is 145 Å². The molecule has 33 heteroatoms. The van der Waals surface area contributed by atoms with E-state index in [-0.39, 0.29) is 17.6 Å². The van der Waals surface area contributed by atoms with Crippen molar-refractivity contribution in [1.29, 1.82) is 0 Å². The number of para-hydroxylation sites is 2. The molecular formula is C114H118Cl5FN22O5. The molecule has 0 spiro atoms. The van der Waals surface area contributed by atoms with Gasteiger partial charge in [-0.3, -0.25) is 0 Å². The number of hydrogen-bond acceptors (Lipinski definition) is 26. The lowest BCUT2D eigenvalue weighted by Crippen LogP contribution is -2.29. The highest BCUT2D eigenvalue weighted by Crippen LogP contribution is 2.44. The van der Waals surface area contributed by atoms with Crippen LogP contribution in [0.15, 0.2) is 315 Å². The van der Waals surface area contributed by atoms with Crippen LogP contribution in [-0.4, -0.2) is 132 Å². The minimum absolute atomic E-state index is 0.118. The summed E-state index contributed by atoms with van der Waals surface area (Å²) in [7, 11) is 3.72. The number of rotatable bonds is 24. The highest BCUT2D eigenvalue weighted by Gasteiger charge is 2.39. The van der Waals surface area contributed by atoms with Crippen LogP contribution in [0.2, 0.25) is 25.1 Å². The van der Waals surface area contributed by atoms with Gasteiger partial charge >= 0.3 is 0 Å². The molecule has 756 valence electrons. The molecular weight excluding hydrogens is 1950 g/mol. The highest BCUT2D eigenvalue weighted by molar-refractivity contribution is 6.35. The molecule has 147 heavy (non-hydrogen) atoms. The van der Waals surface area contributed by atoms with Crippen LogP contribution in [0, 0.1) is 73.0 Å². The second-order valence-corrected chi connectivity index (χ2v) is 35.7. The van der Waals surface area contributed by atoms with Crippen molar-refractivity contribution in [3.8, 4) is 23.6 Å². The van der Waals surface area contributed by atoms with Crippen LogP contribution < -0.4 is 26.5 Å². The lowest BCUT2D eigenvalue weighted by atomic mass is 9.81. The van der Waals surface area contributed by atoms with Crippen LogP contribution >= 0.6 is 58.0 Å². The van der Waals surface area contributed by atoms with Gasteiger partial charge in [-0.25, -0.2) is 69.2 Å². The monoisotopic (exact) mass is 2070 g/mol. The molecule has 3 atom stereocenters. The Morgan fingerprint density at radius 2 is 0.837 bits per heavy atom. The molecule has 0 fully saturated rings. The molecule has 8 aromatic heterocycles. The molecule has 9 N–H and O–H groups in total. The zero-order valence-corrected chi connectivity index (χ0v) is 88.2. The minimum atomic E-state index is -1.56. The van der Waals surface area contributed by atoms with E-state index in [1.165, 1.54) is 61.2 Å². The van der Waals surface area contributed by atoms with Crippen LogP contribution in [0.3, 0.4) is 0 Å². The zero-order valence-electron chi connectivity index (χ0n) is 84.4. The summed E-state index contributed by atoms with van der Waals surface area (Å²) >= 11 is 30.8. The first kappa shape index (κ1) is 114. The minimum Gasteiger partial charge on any atom is -0.493 e. The van der Waals surface area contributed by atoms with Crippen molar-refractivity contribution >= 4 is 98.9 Å². The summed E-state index contributed by atoms with van der Waals surface area (Å²) in [6.45, 7) is 26.4. The van der Waals surface area contributed by atoms with E-state index in [4.69, 9.17) is 58.0 Å². The van der Waals surface area contributed by atoms with Crippen molar-refractivity contribution in [3.63, 3.8) is 0 Å². The third-order valence-corrected chi connectivity index (χ3v) is 23.6. The summed E-state index contributed by atoms with van der Waals surface area (Å²) in [4.78, 5) is 67.1. The van der Waals surface area contributed by atoms with Crippen LogP contribution in [0.25, 0.3) is 0 Å². The third-order valence-electron chi connectivity index (χ3n) is 22.2. The van der Waals surface area contributed by atoms with E-state index in [1.54, 1.807) is 115 Å². The van der Waals surface area contributed by atoms with Gasteiger partial charge in [-0.15, -0.1) is 5.10 Å². The number of aliphatic hydroxyl groups is 3. The Bertz CT molecular complexity index is 6900. The molecule has 0 aliphatic rings. The first-order chi connectivity index (χ1) is 70.7. The summed E-state index contributed by atoms with van der Waals surface area (Å²) in [5, 5.41) is 74.0. The largest absolute Gasteiger partial charge is 0.493 e. The van der Waals surface area contributed by atoms with Crippen molar-refractivity contribution in [2.75, 3.05) is 41.5 Å². The number of nitrogens with one attached hydrogen (secondary N) is 4. The second-order valence-electron chi connectivity index (χ2n) is 33.6. The average Bonchev–Trinajstić information content (AvgIpc) is 0.765. The van der Waals surface area contributed by atoms with Crippen molar-refractivity contribution in [2.24, 2.45) is 10.2 Å². The fourth-order valence-corrected chi connectivity index (χ4v) is 16.2. The summed E-state index contributed by atoms with van der Waals surface area (Å²) < 4.78 is 13.2. The van der Waals surface area contributed by atoms with Gasteiger partial charge in [0.2, 0.25) is 41.2 Å². The first-order valence-corrected chi connectivity index (χ1v) is 49.0. The number of unbranched alkanes of at least 4 members (excludes halogenated alkanes) is 2. The van der Waals surface area contributed by atoms with Crippen molar-refractivity contribution in [3.05, 3.63) is 459 Å². The van der Waals surface area contributed by atoms with Crippen molar-refractivity contribution in [2.45, 2.75) is 145 Å². The van der Waals surface area contributed by atoms with Crippen LogP contribution in [0.1, 0.15) is 178 Å². The predicted octanol–water partition coefficient (Wildman–Crippen LogP) is 24.2. The quantitative estimate of drug-likeness (QED) is 0.0154. The Hall–Kier alpha value is -15.3. The molecule has 3 unspecified atom stereocenters.